The number of nitrogens with one attached hydrogen (secondary N) is 1. The van der Waals surface area contributed by atoms with E-state index in [0.717, 1.165) is 27.7 Å². The van der Waals surface area contributed by atoms with Crippen LogP contribution >= 0.6 is 0 Å². The fourth-order valence-electron chi connectivity index (χ4n) is 3.92. The van der Waals surface area contributed by atoms with E-state index in [4.69, 9.17) is 9.72 Å². The molecule has 0 radical (unpaired) electrons. The molecule has 0 saturated carbocycles. The second-order valence-corrected chi connectivity index (χ2v) is 7.78. The highest BCUT2D eigenvalue weighted by atomic mass is 16.5. The minimum absolute atomic E-state index is 0.00149. The first-order chi connectivity index (χ1) is 15.5. The van der Waals surface area contributed by atoms with Gasteiger partial charge in [-0.15, -0.1) is 0 Å². The minimum Gasteiger partial charge on any atom is -0.383 e. The lowest BCUT2D eigenvalue weighted by Gasteiger charge is -2.17. The molecule has 2 amide bonds. The van der Waals surface area contributed by atoms with E-state index in [1.807, 2.05) is 30.3 Å². The predicted molar refractivity (Wildman–Crippen MR) is 119 cm³/mol. The van der Waals surface area contributed by atoms with Gasteiger partial charge < -0.3 is 15.0 Å². The molecular formula is C23H25N5O4. The average molecular weight is 435 g/mol. The molecule has 166 valence electrons. The minimum atomic E-state index is -0.266. The third-order valence-electron chi connectivity index (χ3n) is 5.65. The van der Waals surface area contributed by atoms with E-state index in [1.54, 1.807) is 12.0 Å². The number of amides is 2. The quantitative estimate of drug-likeness (QED) is 0.586. The number of methoxy groups -OCH3 is 1. The van der Waals surface area contributed by atoms with Gasteiger partial charge in [-0.25, -0.2) is 4.68 Å². The summed E-state index contributed by atoms with van der Waals surface area (Å²) < 4.78 is 6.17. The highest BCUT2D eigenvalue weighted by Gasteiger charge is 2.30. The average Bonchev–Trinajstić information content (AvgIpc) is 3.30. The zero-order valence-corrected chi connectivity index (χ0v) is 18.1. The number of para-hydroxylation sites is 1. The molecule has 1 aliphatic heterocycles. The van der Waals surface area contributed by atoms with E-state index < -0.39 is 0 Å². The van der Waals surface area contributed by atoms with Gasteiger partial charge in [-0.05, 0) is 24.6 Å². The summed E-state index contributed by atoms with van der Waals surface area (Å²) in [4.78, 5) is 43.8. The number of nitrogens with zero attached hydrogens (tertiary/aromatic N) is 4. The number of pyridine rings is 1. The van der Waals surface area contributed by atoms with Crippen LogP contribution in [-0.4, -0.2) is 64.8 Å². The fourth-order valence-corrected chi connectivity index (χ4v) is 3.92. The van der Waals surface area contributed by atoms with Crippen LogP contribution in [-0.2, 0) is 11.8 Å². The van der Waals surface area contributed by atoms with E-state index in [0.29, 0.717) is 31.8 Å². The van der Waals surface area contributed by atoms with Gasteiger partial charge in [-0.2, -0.15) is 5.10 Å². The van der Waals surface area contributed by atoms with Crippen molar-refractivity contribution in [1.82, 2.24) is 25.0 Å². The summed E-state index contributed by atoms with van der Waals surface area (Å²) in [5.74, 6) is -0.398. The van der Waals surface area contributed by atoms with Crippen molar-refractivity contribution in [3.05, 3.63) is 69.8 Å². The molecule has 32 heavy (non-hydrogen) atoms. The monoisotopic (exact) mass is 435 g/mol. The molecule has 0 aliphatic carbocycles. The maximum Gasteiger partial charge on any atom is 0.274 e. The molecule has 4 rings (SSSR count). The van der Waals surface area contributed by atoms with Crippen molar-refractivity contribution in [2.75, 3.05) is 33.4 Å². The molecule has 0 bridgehead atoms. The molecule has 2 aromatic heterocycles. The van der Waals surface area contributed by atoms with Gasteiger partial charge in [0.05, 0.1) is 17.7 Å². The first kappa shape index (κ1) is 21.6. The van der Waals surface area contributed by atoms with Crippen LogP contribution in [0.2, 0.25) is 0 Å². The SMILES string of the molecule is COCCNC(=O)c1cc([C@H]2CCN(C(=O)c3ccc(=O)n(C)n3)C2)nc2ccccc12. The van der Waals surface area contributed by atoms with Crippen LogP contribution < -0.4 is 10.9 Å². The number of ether oxygens (including phenoxy) is 1. The number of likely N-dealkylation sites (tertiary alicyclic amines) is 1. The molecule has 1 saturated heterocycles. The third kappa shape index (κ3) is 4.38. The van der Waals surface area contributed by atoms with E-state index in [-0.39, 0.29) is 29.0 Å². The summed E-state index contributed by atoms with van der Waals surface area (Å²) >= 11 is 0. The van der Waals surface area contributed by atoms with Crippen molar-refractivity contribution in [1.29, 1.82) is 0 Å². The van der Waals surface area contributed by atoms with Gasteiger partial charge in [0.25, 0.3) is 17.4 Å². The van der Waals surface area contributed by atoms with E-state index in [1.165, 1.54) is 19.2 Å². The number of rotatable bonds is 6. The number of aromatic nitrogens is 3. The zero-order valence-electron chi connectivity index (χ0n) is 18.1. The van der Waals surface area contributed by atoms with Gasteiger partial charge in [-0.1, -0.05) is 18.2 Å². The number of fused-ring (bicyclic) bond motifs is 1. The summed E-state index contributed by atoms with van der Waals surface area (Å²) in [6.45, 7) is 1.87. The van der Waals surface area contributed by atoms with Crippen LogP contribution in [0.25, 0.3) is 10.9 Å². The van der Waals surface area contributed by atoms with Crippen LogP contribution in [0.15, 0.2) is 47.3 Å². The standard InChI is InChI=1S/C23H25N5O4/c1-27-21(29)8-7-19(26-27)23(31)28-11-9-15(14-28)20-13-17(22(30)24-10-12-32-2)16-5-3-4-6-18(16)25-20/h3-8,13,15H,9-12,14H2,1-2H3,(H,24,30)/t15-/m0/s1. The molecular weight excluding hydrogens is 410 g/mol. The molecule has 1 aliphatic rings. The number of carbonyl (C=O) groups is 2. The van der Waals surface area contributed by atoms with Crippen LogP contribution in [0.1, 0.15) is 38.9 Å². The second-order valence-electron chi connectivity index (χ2n) is 7.78. The molecule has 3 heterocycles. The Balaban J connectivity index is 1.58. The van der Waals surface area contributed by atoms with Crippen LogP contribution in [0.3, 0.4) is 0 Å². The zero-order chi connectivity index (χ0) is 22.7. The van der Waals surface area contributed by atoms with Gasteiger partial charge in [0.1, 0.15) is 5.69 Å². The summed E-state index contributed by atoms with van der Waals surface area (Å²) in [5, 5.41) is 7.72. The Morgan fingerprint density at radius 2 is 2.03 bits per heavy atom. The van der Waals surface area contributed by atoms with Crippen molar-refractivity contribution in [3.8, 4) is 0 Å². The predicted octanol–water partition coefficient (Wildman–Crippen LogP) is 1.33. The first-order valence-electron chi connectivity index (χ1n) is 10.5. The van der Waals surface area contributed by atoms with Gasteiger partial charge in [0.15, 0.2) is 0 Å². The van der Waals surface area contributed by atoms with Gasteiger partial charge in [0, 0.05) is 56.9 Å². The van der Waals surface area contributed by atoms with Gasteiger partial charge >= 0.3 is 0 Å². The Hall–Kier alpha value is -3.59. The first-order valence-corrected chi connectivity index (χ1v) is 10.5. The molecule has 9 heteroatoms. The van der Waals surface area contributed by atoms with Crippen LogP contribution in [0, 0.1) is 0 Å². The highest BCUT2D eigenvalue weighted by Crippen LogP contribution is 2.30. The number of benzene rings is 1. The number of hydrogen-bond acceptors (Lipinski definition) is 6. The Morgan fingerprint density at radius 1 is 1.22 bits per heavy atom. The van der Waals surface area contributed by atoms with Crippen molar-refractivity contribution in [3.63, 3.8) is 0 Å². The molecule has 3 aromatic rings. The summed E-state index contributed by atoms with van der Waals surface area (Å²) in [6, 6.07) is 12.2. The number of carbonyl (C=O) groups excluding carboxylic acids is 2. The van der Waals surface area contributed by atoms with E-state index in [2.05, 4.69) is 10.4 Å². The molecule has 1 atom stereocenters. The largest absolute Gasteiger partial charge is 0.383 e. The number of aryl methyl sites for hydroxylation is 1. The van der Waals surface area contributed by atoms with Crippen molar-refractivity contribution >= 4 is 22.7 Å². The summed E-state index contributed by atoms with van der Waals surface area (Å²) in [6.07, 6.45) is 0.730. The maximum atomic E-state index is 12.9. The van der Waals surface area contributed by atoms with Crippen molar-refractivity contribution in [2.45, 2.75) is 12.3 Å². The van der Waals surface area contributed by atoms with Gasteiger partial charge in [0.2, 0.25) is 0 Å². The fraction of sp³-hybridized carbons (Fsp3) is 0.348. The third-order valence-corrected chi connectivity index (χ3v) is 5.65. The van der Waals surface area contributed by atoms with Gasteiger partial charge in [-0.3, -0.25) is 19.4 Å². The van der Waals surface area contributed by atoms with Crippen LogP contribution in [0.4, 0.5) is 0 Å². The van der Waals surface area contributed by atoms with Crippen molar-refractivity contribution in [2.24, 2.45) is 7.05 Å². The highest BCUT2D eigenvalue weighted by molar-refractivity contribution is 6.06. The lowest BCUT2D eigenvalue weighted by molar-refractivity contribution is 0.0781. The Morgan fingerprint density at radius 3 is 2.81 bits per heavy atom. The molecule has 9 nitrogen and oxygen atoms in total. The Labute approximate surface area is 185 Å². The second kappa shape index (κ2) is 9.27. The topological polar surface area (TPSA) is 106 Å². The molecule has 0 unspecified atom stereocenters. The lowest BCUT2D eigenvalue weighted by Crippen LogP contribution is -2.31. The molecule has 1 aromatic carbocycles. The molecule has 1 fully saturated rings. The summed E-state index contributed by atoms with van der Waals surface area (Å²) in [7, 11) is 3.11. The van der Waals surface area contributed by atoms with Crippen LogP contribution in [0.5, 0.6) is 0 Å². The molecule has 1 N–H and O–H groups in total. The molecule has 0 spiro atoms. The normalized spacial score (nSPS) is 15.8. The smallest absolute Gasteiger partial charge is 0.274 e. The Bertz CT molecular complexity index is 1220. The van der Waals surface area contributed by atoms with Crippen molar-refractivity contribution < 1.29 is 14.3 Å². The summed E-state index contributed by atoms with van der Waals surface area (Å²) in [5.41, 5.74) is 2.05. The lowest BCUT2D eigenvalue weighted by atomic mass is 9.99. The Kier molecular flexibility index (Phi) is 6.27. The number of hydrogen-bond donors (Lipinski definition) is 1. The van der Waals surface area contributed by atoms with E-state index in [9.17, 15) is 14.4 Å². The maximum absolute atomic E-state index is 12.9. The van der Waals surface area contributed by atoms with E-state index >= 15 is 0 Å².